The van der Waals surface area contributed by atoms with Gasteiger partial charge in [-0.25, -0.2) is 4.79 Å². The summed E-state index contributed by atoms with van der Waals surface area (Å²) in [6.07, 6.45) is -0.382. The number of hydrogen-bond donors (Lipinski definition) is 2. The second-order valence-electron chi connectivity index (χ2n) is 6.36. The van der Waals surface area contributed by atoms with Crippen LogP contribution in [0.1, 0.15) is 18.9 Å². The van der Waals surface area contributed by atoms with Gasteiger partial charge in [-0.3, -0.25) is 19.2 Å². The highest BCUT2D eigenvalue weighted by Crippen LogP contribution is 2.15. The Kier molecular flexibility index (Phi) is 10.0. The molecule has 10 heteroatoms. The Balaban J connectivity index is 3.15. The number of carbonyl (C=O) groups is 5. The molecular formula is C20H26N2O8. The number of hydrogen-bond acceptors (Lipinski definition) is 8. The number of nitrogens with one attached hydrogen (secondary N) is 2. The van der Waals surface area contributed by atoms with Crippen molar-refractivity contribution >= 4 is 29.7 Å². The molecule has 164 valence electrons. The van der Waals surface area contributed by atoms with Crippen LogP contribution in [0.2, 0.25) is 0 Å². The second-order valence-corrected chi connectivity index (χ2v) is 6.36. The molecule has 0 aliphatic rings. The molecule has 1 aromatic carbocycles. The van der Waals surface area contributed by atoms with Crippen LogP contribution in [0.25, 0.3) is 0 Å². The van der Waals surface area contributed by atoms with E-state index in [0.717, 1.165) is 26.9 Å². The van der Waals surface area contributed by atoms with Gasteiger partial charge in [-0.05, 0) is 5.56 Å². The van der Waals surface area contributed by atoms with Crippen LogP contribution in [-0.4, -0.2) is 63.1 Å². The van der Waals surface area contributed by atoms with Crippen LogP contribution in [-0.2, 0) is 44.6 Å². The Bertz CT molecular complexity index is 765. The maximum atomic E-state index is 12.9. The molecule has 0 fully saturated rings. The lowest BCUT2D eigenvalue weighted by Crippen LogP contribution is -2.56. The summed E-state index contributed by atoms with van der Waals surface area (Å²) in [5.74, 6) is -5.22. The van der Waals surface area contributed by atoms with Crippen LogP contribution < -0.4 is 10.6 Å². The fraction of sp³-hybridized carbons (Fsp3) is 0.450. The molecule has 0 radical (unpaired) electrons. The number of carbonyl (C=O) groups excluding carboxylic acids is 5. The Labute approximate surface area is 174 Å². The second kappa shape index (κ2) is 12.2. The molecule has 0 bridgehead atoms. The summed E-state index contributed by atoms with van der Waals surface area (Å²) in [4.78, 5) is 60.7. The molecule has 1 rings (SSSR count). The van der Waals surface area contributed by atoms with Crippen molar-refractivity contribution in [2.45, 2.75) is 31.8 Å². The van der Waals surface area contributed by atoms with Gasteiger partial charge in [0.1, 0.15) is 12.1 Å². The summed E-state index contributed by atoms with van der Waals surface area (Å²) < 4.78 is 13.9. The third-order valence-electron chi connectivity index (χ3n) is 4.25. The number of methoxy groups -OCH3 is 3. The predicted octanol–water partition coefficient (Wildman–Crippen LogP) is -0.256. The summed E-state index contributed by atoms with van der Waals surface area (Å²) in [6, 6.07) is 6.34. The molecule has 0 unspecified atom stereocenters. The zero-order valence-corrected chi connectivity index (χ0v) is 17.3. The van der Waals surface area contributed by atoms with E-state index in [1.54, 1.807) is 30.3 Å². The van der Waals surface area contributed by atoms with E-state index in [1.165, 1.54) is 6.92 Å². The third kappa shape index (κ3) is 7.53. The SMILES string of the molecule is COC(=O)C[C@@H](C(=O)OC)[C@@H](NC(=O)[C@H](Cc1ccccc1)NC(C)=O)C(=O)OC. The summed E-state index contributed by atoms with van der Waals surface area (Å²) in [5, 5.41) is 4.92. The van der Waals surface area contributed by atoms with Crippen molar-refractivity contribution in [3.63, 3.8) is 0 Å². The first kappa shape index (κ1) is 24.6. The molecule has 0 saturated heterocycles. The molecule has 2 N–H and O–H groups in total. The van der Waals surface area contributed by atoms with Gasteiger partial charge >= 0.3 is 17.9 Å². The van der Waals surface area contributed by atoms with Gasteiger partial charge in [0.25, 0.3) is 0 Å². The first-order valence-electron chi connectivity index (χ1n) is 9.07. The van der Waals surface area contributed by atoms with E-state index in [-0.39, 0.29) is 6.42 Å². The average molecular weight is 422 g/mol. The highest BCUT2D eigenvalue weighted by atomic mass is 16.5. The van der Waals surface area contributed by atoms with Gasteiger partial charge in [0.2, 0.25) is 11.8 Å². The topological polar surface area (TPSA) is 137 Å². The Morgan fingerprint density at radius 2 is 1.47 bits per heavy atom. The first-order valence-corrected chi connectivity index (χ1v) is 9.07. The van der Waals surface area contributed by atoms with E-state index in [9.17, 15) is 24.0 Å². The van der Waals surface area contributed by atoms with Crippen molar-refractivity contribution in [1.29, 1.82) is 0 Å². The molecule has 3 atom stereocenters. The fourth-order valence-electron chi connectivity index (χ4n) is 2.76. The first-order chi connectivity index (χ1) is 14.2. The van der Waals surface area contributed by atoms with E-state index in [0.29, 0.717) is 0 Å². The molecule has 0 saturated carbocycles. The highest BCUT2D eigenvalue weighted by Gasteiger charge is 2.39. The van der Waals surface area contributed by atoms with Gasteiger partial charge in [0, 0.05) is 13.3 Å². The highest BCUT2D eigenvalue weighted by molar-refractivity contribution is 5.94. The van der Waals surface area contributed by atoms with Crippen LogP contribution in [0.3, 0.4) is 0 Å². The Hall–Kier alpha value is -3.43. The van der Waals surface area contributed by atoms with Crippen molar-refractivity contribution in [2.75, 3.05) is 21.3 Å². The van der Waals surface area contributed by atoms with Crippen molar-refractivity contribution in [3.05, 3.63) is 35.9 Å². The predicted molar refractivity (Wildman–Crippen MR) is 104 cm³/mol. The maximum Gasteiger partial charge on any atom is 0.329 e. The molecule has 30 heavy (non-hydrogen) atoms. The largest absolute Gasteiger partial charge is 0.469 e. The van der Waals surface area contributed by atoms with Gasteiger partial charge in [-0.15, -0.1) is 0 Å². The van der Waals surface area contributed by atoms with Gasteiger partial charge in [0.05, 0.1) is 33.7 Å². The van der Waals surface area contributed by atoms with Crippen LogP contribution in [0.4, 0.5) is 0 Å². The molecule has 0 heterocycles. The standard InChI is InChI=1S/C20H26N2O8/c1-12(23)21-15(10-13-8-6-5-7-9-13)18(25)22-17(20(27)30-4)14(19(26)29-3)11-16(24)28-2/h5-9,14-15,17H,10-11H2,1-4H3,(H,21,23)(H,22,25)/t14-,15+,17-/m1/s1. The lowest BCUT2D eigenvalue weighted by Gasteiger charge is -2.26. The van der Waals surface area contributed by atoms with Crippen LogP contribution in [0.5, 0.6) is 0 Å². The number of esters is 3. The van der Waals surface area contributed by atoms with E-state index in [1.807, 2.05) is 0 Å². The van der Waals surface area contributed by atoms with Crippen LogP contribution in [0.15, 0.2) is 30.3 Å². The van der Waals surface area contributed by atoms with Crippen LogP contribution in [0, 0.1) is 5.92 Å². The summed E-state index contributed by atoms with van der Waals surface area (Å²) in [5.41, 5.74) is 0.764. The number of rotatable bonds is 10. The smallest absolute Gasteiger partial charge is 0.329 e. The van der Waals surface area contributed by atoms with Gasteiger partial charge in [-0.2, -0.15) is 0 Å². The van der Waals surface area contributed by atoms with Crippen molar-refractivity contribution in [2.24, 2.45) is 5.92 Å². The van der Waals surface area contributed by atoms with Crippen molar-refractivity contribution in [1.82, 2.24) is 10.6 Å². The van der Waals surface area contributed by atoms with E-state index in [2.05, 4.69) is 24.8 Å². The fourth-order valence-corrected chi connectivity index (χ4v) is 2.76. The minimum atomic E-state index is -1.53. The summed E-state index contributed by atoms with van der Waals surface area (Å²) in [7, 11) is 3.27. The zero-order valence-electron chi connectivity index (χ0n) is 17.3. The Morgan fingerprint density at radius 3 is 1.97 bits per heavy atom. The number of benzene rings is 1. The molecule has 0 aliphatic heterocycles. The maximum absolute atomic E-state index is 12.9. The molecule has 2 amide bonds. The molecule has 10 nitrogen and oxygen atoms in total. The van der Waals surface area contributed by atoms with E-state index >= 15 is 0 Å². The molecule has 0 spiro atoms. The average Bonchev–Trinajstić information content (AvgIpc) is 2.74. The van der Waals surface area contributed by atoms with Crippen molar-refractivity contribution < 1.29 is 38.2 Å². The lowest BCUT2D eigenvalue weighted by atomic mass is 9.95. The van der Waals surface area contributed by atoms with Gasteiger partial charge in [-0.1, -0.05) is 30.3 Å². The lowest BCUT2D eigenvalue weighted by molar-refractivity contribution is -0.159. The Morgan fingerprint density at radius 1 is 0.867 bits per heavy atom. The number of amides is 2. The minimum Gasteiger partial charge on any atom is -0.469 e. The van der Waals surface area contributed by atoms with Gasteiger partial charge < -0.3 is 24.8 Å². The third-order valence-corrected chi connectivity index (χ3v) is 4.25. The number of ether oxygens (including phenoxy) is 3. The molecule has 0 aliphatic carbocycles. The quantitative estimate of drug-likeness (QED) is 0.389. The summed E-state index contributed by atoms with van der Waals surface area (Å²) in [6.45, 7) is 1.25. The zero-order chi connectivity index (χ0) is 22.7. The molecule has 0 aromatic heterocycles. The molecule has 1 aromatic rings. The summed E-state index contributed by atoms with van der Waals surface area (Å²) >= 11 is 0. The minimum absolute atomic E-state index is 0.139. The van der Waals surface area contributed by atoms with Gasteiger partial charge in [0.15, 0.2) is 0 Å². The van der Waals surface area contributed by atoms with E-state index < -0.39 is 54.1 Å². The van der Waals surface area contributed by atoms with Crippen molar-refractivity contribution in [3.8, 4) is 0 Å². The van der Waals surface area contributed by atoms with E-state index in [4.69, 9.17) is 0 Å². The monoisotopic (exact) mass is 422 g/mol. The normalized spacial score (nSPS) is 13.2. The molecular weight excluding hydrogens is 396 g/mol. The van der Waals surface area contributed by atoms with Crippen LogP contribution >= 0.6 is 0 Å².